The van der Waals surface area contributed by atoms with Crippen LogP contribution >= 0.6 is 0 Å². The van der Waals surface area contributed by atoms with Gasteiger partial charge in [-0.15, -0.1) is 0 Å². The van der Waals surface area contributed by atoms with Crippen LogP contribution in [0.2, 0.25) is 0 Å². The Kier molecular flexibility index (Phi) is 3.51. The van der Waals surface area contributed by atoms with Crippen molar-refractivity contribution in [2.24, 2.45) is 0 Å². The number of benzene rings is 1. The van der Waals surface area contributed by atoms with Crippen LogP contribution in [0.25, 0.3) is 11.3 Å². The zero-order chi connectivity index (χ0) is 14.0. The van der Waals surface area contributed by atoms with Crippen LogP contribution in [0.4, 0.5) is 5.82 Å². The van der Waals surface area contributed by atoms with Crippen molar-refractivity contribution in [2.75, 3.05) is 12.3 Å². The van der Waals surface area contributed by atoms with Gasteiger partial charge in [0.2, 0.25) is 0 Å². The first kappa shape index (κ1) is 13.5. The van der Waals surface area contributed by atoms with Crippen LogP contribution in [0.15, 0.2) is 30.6 Å². The van der Waals surface area contributed by atoms with Gasteiger partial charge in [-0.1, -0.05) is 12.1 Å². The molecule has 2 rings (SSSR count). The van der Waals surface area contributed by atoms with Gasteiger partial charge in [0, 0.05) is 11.1 Å². The highest BCUT2D eigenvalue weighted by molar-refractivity contribution is 5.75. The van der Waals surface area contributed by atoms with Crippen LogP contribution in [0.3, 0.4) is 0 Å². The Morgan fingerprint density at radius 2 is 1.95 bits per heavy atom. The van der Waals surface area contributed by atoms with E-state index in [-0.39, 0.29) is 5.54 Å². The Labute approximate surface area is 114 Å². The molecule has 0 fully saturated rings. The molecule has 0 aliphatic carbocycles. The molecule has 1 heterocycles. The summed E-state index contributed by atoms with van der Waals surface area (Å²) in [6.07, 6.45) is 1.79. The largest absolute Gasteiger partial charge is 0.493 e. The minimum atomic E-state index is -0.0874. The highest BCUT2D eigenvalue weighted by atomic mass is 16.5. The molecule has 0 saturated heterocycles. The van der Waals surface area contributed by atoms with E-state index in [0.29, 0.717) is 12.4 Å². The third-order valence-electron chi connectivity index (χ3n) is 2.97. The number of para-hydroxylation sites is 1. The first-order valence-electron chi connectivity index (χ1n) is 6.50. The Morgan fingerprint density at radius 3 is 2.53 bits per heavy atom. The average Bonchev–Trinajstić information content (AvgIpc) is 2.72. The Morgan fingerprint density at radius 1 is 1.26 bits per heavy atom. The molecule has 0 spiro atoms. The summed E-state index contributed by atoms with van der Waals surface area (Å²) < 4.78 is 7.61. The van der Waals surface area contributed by atoms with Crippen molar-refractivity contribution in [1.82, 2.24) is 9.55 Å². The summed E-state index contributed by atoms with van der Waals surface area (Å²) in [5, 5.41) is 0. The van der Waals surface area contributed by atoms with Crippen molar-refractivity contribution in [3.05, 3.63) is 30.6 Å². The summed E-state index contributed by atoms with van der Waals surface area (Å²) in [5.41, 5.74) is 7.86. The summed E-state index contributed by atoms with van der Waals surface area (Å²) in [6, 6.07) is 7.84. The van der Waals surface area contributed by atoms with Gasteiger partial charge in [0.15, 0.2) is 0 Å². The zero-order valence-corrected chi connectivity index (χ0v) is 12.0. The molecule has 0 radical (unpaired) electrons. The Bertz CT molecular complexity index is 567. The normalized spacial score (nSPS) is 11.6. The molecular formula is C15H21N3O. The highest BCUT2D eigenvalue weighted by Crippen LogP contribution is 2.34. The molecule has 102 valence electrons. The molecule has 0 aliphatic rings. The van der Waals surface area contributed by atoms with Crippen LogP contribution in [-0.4, -0.2) is 16.2 Å². The minimum Gasteiger partial charge on any atom is -0.493 e. The van der Waals surface area contributed by atoms with Crippen molar-refractivity contribution in [3.8, 4) is 17.0 Å². The van der Waals surface area contributed by atoms with Crippen molar-refractivity contribution < 1.29 is 4.74 Å². The second-order valence-corrected chi connectivity index (χ2v) is 5.45. The van der Waals surface area contributed by atoms with E-state index in [9.17, 15) is 0 Å². The van der Waals surface area contributed by atoms with Gasteiger partial charge in [-0.25, -0.2) is 4.98 Å². The number of nitrogen functional groups attached to an aromatic ring is 1. The number of hydrogen-bond donors (Lipinski definition) is 1. The lowest BCUT2D eigenvalue weighted by Crippen LogP contribution is -2.22. The second-order valence-electron chi connectivity index (χ2n) is 5.45. The van der Waals surface area contributed by atoms with Crippen LogP contribution in [0, 0.1) is 0 Å². The molecule has 4 heteroatoms. The number of rotatable bonds is 3. The monoisotopic (exact) mass is 259 g/mol. The van der Waals surface area contributed by atoms with E-state index in [4.69, 9.17) is 10.5 Å². The van der Waals surface area contributed by atoms with E-state index in [1.165, 1.54) is 0 Å². The summed E-state index contributed by atoms with van der Waals surface area (Å²) >= 11 is 0. The molecule has 2 N–H and O–H groups in total. The van der Waals surface area contributed by atoms with Crippen LogP contribution in [-0.2, 0) is 5.54 Å². The standard InChI is InChI=1S/C15H21N3O/c1-5-19-12-9-7-6-8-11(12)13-14(16)18(10-17-13)15(2,3)4/h6-10H,5,16H2,1-4H3. The fraction of sp³-hybridized carbons (Fsp3) is 0.400. The molecule has 0 amide bonds. The molecule has 0 atom stereocenters. The third-order valence-corrected chi connectivity index (χ3v) is 2.97. The lowest BCUT2D eigenvalue weighted by atomic mass is 10.1. The van der Waals surface area contributed by atoms with Gasteiger partial charge in [-0.3, -0.25) is 0 Å². The molecule has 0 unspecified atom stereocenters. The number of nitrogens with zero attached hydrogens (tertiary/aromatic N) is 2. The van der Waals surface area contributed by atoms with Crippen LogP contribution < -0.4 is 10.5 Å². The SMILES string of the molecule is CCOc1ccccc1-c1ncn(C(C)(C)C)c1N. The molecule has 2 aromatic rings. The van der Waals surface area contributed by atoms with Gasteiger partial charge in [0.1, 0.15) is 17.3 Å². The summed E-state index contributed by atoms with van der Waals surface area (Å²) in [7, 11) is 0. The molecule has 0 aliphatic heterocycles. The number of hydrogen-bond acceptors (Lipinski definition) is 3. The summed E-state index contributed by atoms with van der Waals surface area (Å²) in [5.74, 6) is 1.48. The first-order valence-corrected chi connectivity index (χ1v) is 6.50. The maximum atomic E-state index is 6.23. The average molecular weight is 259 g/mol. The van der Waals surface area contributed by atoms with Gasteiger partial charge in [-0.2, -0.15) is 0 Å². The van der Waals surface area contributed by atoms with E-state index in [1.54, 1.807) is 6.33 Å². The molecule has 0 saturated carbocycles. The van der Waals surface area contributed by atoms with Gasteiger partial charge < -0.3 is 15.0 Å². The smallest absolute Gasteiger partial charge is 0.132 e. The second kappa shape index (κ2) is 4.96. The fourth-order valence-electron chi connectivity index (χ4n) is 2.04. The molecule has 19 heavy (non-hydrogen) atoms. The van der Waals surface area contributed by atoms with Gasteiger partial charge >= 0.3 is 0 Å². The maximum Gasteiger partial charge on any atom is 0.132 e. The van der Waals surface area contributed by atoms with Gasteiger partial charge in [0.25, 0.3) is 0 Å². The van der Waals surface area contributed by atoms with Crippen molar-refractivity contribution in [1.29, 1.82) is 0 Å². The van der Waals surface area contributed by atoms with Crippen molar-refractivity contribution in [2.45, 2.75) is 33.2 Å². The predicted octanol–water partition coefficient (Wildman–Crippen LogP) is 3.29. The number of aromatic nitrogens is 2. The topological polar surface area (TPSA) is 53.1 Å². The summed E-state index contributed by atoms with van der Waals surface area (Å²) in [4.78, 5) is 4.45. The number of imidazole rings is 1. The highest BCUT2D eigenvalue weighted by Gasteiger charge is 2.20. The van der Waals surface area contributed by atoms with Crippen LogP contribution in [0.5, 0.6) is 5.75 Å². The van der Waals surface area contributed by atoms with Crippen LogP contribution in [0.1, 0.15) is 27.7 Å². The van der Waals surface area contributed by atoms with Gasteiger partial charge in [0.05, 0.1) is 12.9 Å². The Balaban J connectivity index is 2.52. The lowest BCUT2D eigenvalue weighted by molar-refractivity contribution is 0.341. The zero-order valence-electron chi connectivity index (χ0n) is 12.0. The predicted molar refractivity (Wildman–Crippen MR) is 78.2 cm³/mol. The van der Waals surface area contributed by atoms with E-state index >= 15 is 0 Å². The quantitative estimate of drug-likeness (QED) is 0.920. The number of nitrogens with two attached hydrogens (primary N) is 1. The Hall–Kier alpha value is -1.97. The molecular weight excluding hydrogens is 238 g/mol. The number of anilines is 1. The van der Waals surface area contributed by atoms with E-state index in [0.717, 1.165) is 17.0 Å². The van der Waals surface area contributed by atoms with E-state index < -0.39 is 0 Å². The van der Waals surface area contributed by atoms with Crippen molar-refractivity contribution >= 4 is 5.82 Å². The van der Waals surface area contributed by atoms with Gasteiger partial charge in [-0.05, 0) is 39.8 Å². The summed E-state index contributed by atoms with van der Waals surface area (Å²) in [6.45, 7) is 8.89. The molecule has 0 bridgehead atoms. The lowest BCUT2D eigenvalue weighted by Gasteiger charge is -2.22. The third kappa shape index (κ3) is 2.57. The minimum absolute atomic E-state index is 0.0874. The maximum absolute atomic E-state index is 6.23. The fourth-order valence-corrected chi connectivity index (χ4v) is 2.04. The van der Waals surface area contributed by atoms with E-state index in [2.05, 4.69) is 25.8 Å². The number of ether oxygens (including phenoxy) is 1. The molecule has 4 nitrogen and oxygen atoms in total. The van der Waals surface area contributed by atoms with Crippen molar-refractivity contribution in [3.63, 3.8) is 0 Å². The first-order chi connectivity index (χ1) is 8.95. The van der Waals surface area contributed by atoms with E-state index in [1.807, 2.05) is 35.8 Å². The molecule has 1 aromatic carbocycles. The molecule has 1 aromatic heterocycles.